The van der Waals surface area contributed by atoms with E-state index in [0.29, 0.717) is 17.2 Å². The van der Waals surface area contributed by atoms with Gasteiger partial charge in [-0.3, -0.25) is 0 Å². The second-order valence-corrected chi connectivity index (χ2v) is 2.94. The molecule has 2 heterocycles. The summed E-state index contributed by atoms with van der Waals surface area (Å²) in [7, 11) is 0. The minimum absolute atomic E-state index is 0.503. The molecule has 0 fully saturated rings. The predicted octanol–water partition coefficient (Wildman–Crippen LogP) is 1.56. The van der Waals surface area contributed by atoms with Crippen molar-refractivity contribution in [1.82, 2.24) is 9.97 Å². The van der Waals surface area contributed by atoms with E-state index in [0.717, 1.165) is 12.3 Å². The topological polar surface area (TPSA) is 51.0 Å². The van der Waals surface area contributed by atoms with Crippen LogP contribution in [-0.2, 0) is 0 Å². The lowest BCUT2D eigenvalue weighted by Gasteiger charge is -1.94. The Morgan fingerprint density at radius 3 is 3.23 bits per heavy atom. The maximum Gasteiger partial charge on any atom is 0.297 e. The molecule has 0 bridgehead atoms. The number of pyridine rings is 1. The number of rotatable bonds is 3. The molecule has 0 spiro atoms. The second-order valence-electron chi connectivity index (χ2n) is 2.49. The predicted molar refractivity (Wildman–Crippen MR) is 54.1 cm³/mol. The molecule has 0 aromatic carbocycles. The van der Waals surface area contributed by atoms with Gasteiger partial charge < -0.3 is 9.73 Å². The van der Waals surface area contributed by atoms with Crippen LogP contribution in [0.5, 0.6) is 0 Å². The molecule has 0 atom stereocenters. The zero-order valence-corrected chi connectivity index (χ0v) is 7.79. The quantitative estimate of drug-likeness (QED) is 0.730. The number of nitrogens with one attached hydrogen (secondary N) is 1. The third-order valence-electron chi connectivity index (χ3n) is 1.55. The Balaban J connectivity index is 2.28. The summed E-state index contributed by atoms with van der Waals surface area (Å²) in [6.07, 6.45) is 1.69. The lowest BCUT2D eigenvalue weighted by Crippen LogP contribution is -2.01. The Morgan fingerprint density at radius 2 is 2.46 bits per heavy atom. The molecule has 0 aliphatic rings. The van der Waals surface area contributed by atoms with Crippen molar-refractivity contribution in [2.75, 3.05) is 17.6 Å². The summed E-state index contributed by atoms with van der Waals surface area (Å²) in [5.74, 6) is 0.742. The summed E-state index contributed by atoms with van der Waals surface area (Å²) in [6, 6.07) is 4.15. The molecule has 0 saturated heterocycles. The van der Waals surface area contributed by atoms with Crippen LogP contribution in [0, 0.1) is 0 Å². The number of nitrogens with zero attached hydrogens (tertiary/aromatic N) is 2. The van der Waals surface area contributed by atoms with Crippen LogP contribution in [0.1, 0.15) is 0 Å². The lowest BCUT2D eigenvalue weighted by atomic mass is 10.5. The fourth-order valence-corrected chi connectivity index (χ4v) is 1.12. The number of thiol groups is 1. The van der Waals surface area contributed by atoms with Crippen molar-refractivity contribution in [3.8, 4) is 0 Å². The molecule has 2 aromatic rings. The monoisotopic (exact) mass is 195 g/mol. The molecular formula is C8H9N3OS. The molecule has 5 heteroatoms. The average Bonchev–Trinajstić information content (AvgIpc) is 2.57. The molecule has 2 rings (SSSR count). The van der Waals surface area contributed by atoms with Crippen molar-refractivity contribution in [1.29, 1.82) is 0 Å². The Labute approximate surface area is 80.8 Å². The van der Waals surface area contributed by atoms with E-state index in [1.807, 2.05) is 12.1 Å². The molecule has 0 amide bonds. The molecular weight excluding hydrogens is 186 g/mol. The van der Waals surface area contributed by atoms with Crippen LogP contribution >= 0.6 is 12.6 Å². The van der Waals surface area contributed by atoms with Crippen molar-refractivity contribution in [2.45, 2.75) is 0 Å². The molecule has 0 radical (unpaired) electrons. The van der Waals surface area contributed by atoms with E-state index < -0.39 is 0 Å². The van der Waals surface area contributed by atoms with Crippen molar-refractivity contribution in [3.05, 3.63) is 18.3 Å². The molecule has 1 N–H and O–H groups in total. The SMILES string of the molecule is SCCNc1nc2ncccc2o1. The standard InChI is InChI=1S/C8H9N3OS/c13-5-4-10-8-11-7-6(12-8)2-1-3-9-7/h1-3,13H,4-5H2,(H,9,10,11). The van der Waals surface area contributed by atoms with Gasteiger partial charge >= 0.3 is 0 Å². The van der Waals surface area contributed by atoms with Gasteiger partial charge in [0.05, 0.1) is 0 Å². The van der Waals surface area contributed by atoms with Gasteiger partial charge in [0.15, 0.2) is 5.58 Å². The van der Waals surface area contributed by atoms with Gasteiger partial charge in [-0.25, -0.2) is 4.98 Å². The first-order valence-electron chi connectivity index (χ1n) is 3.96. The first-order chi connectivity index (χ1) is 6.40. The molecule has 0 aliphatic heterocycles. The van der Waals surface area contributed by atoms with E-state index in [2.05, 4.69) is 27.9 Å². The number of fused-ring (bicyclic) bond motifs is 1. The molecule has 68 valence electrons. The van der Waals surface area contributed by atoms with E-state index in [-0.39, 0.29) is 0 Å². The highest BCUT2D eigenvalue weighted by molar-refractivity contribution is 7.80. The Bertz CT molecular complexity index is 368. The number of hydrogen-bond acceptors (Lipinski definition) is 5. The van der Waals surface area contributed by atoms with Crippen LogP contribution in [0.2, 0.25) is 0 Å². The minimum Gasteiger partial charge on any atom is -0.422 e. The molecule has 0 saturated carbocycles. The van der Waals surface area contributed by atoms with Crippen LogP contribution in [0.3, 0.4) is 0 Å². The van der Waals surface area contributed by atoms with E-state index in [4.69, 9.17) is 4.42 Å². The Kier molecular flexibility index (Phi) is 2.35. The normalized spacial score (nSPS) is 10.5. The number of oxazole rings is 1. The molecule has 13 heavy (non-hydrogen) atoms. The van der Waals surface area contributed by atoms with Gasteiger partial charge in [0.25, 0.3) is 6.01 Å². The zero-order valence-electron chi connectivity index (χ0n) is 6.90. The van der Waals surface area contributed by atoms with Gasteiger partial charge in [-0.2, -0.15) is 17.6 Å². The summed E-state index contributed by atoms with van der Waals surface area (Å²) < 4.78 is 5.35. The van der Waals surface area contributed by atoms with E-state index in [1.54, 1.807) is 6.20 Å². The van der Waals surface area contributed by atoms with E-state index in [1.165, 1.54) is 0 Å². The van der Waals surface area contributed by atoms with Crippen LogP contribution in [0.15, 0.2) is 22.7 Å². The minimum atomic E-state index is 0.503. The van der Waals surface area contributed by atoms with Crippen LogP contribution < -0.4 is 5.32 Å². The van der Waals surface area contributed by atoms with Crippen molar-refractivity contribution >= 4 is 29.9 Å². The van der Waals surface area contributed by atoms with Crippen molar-refractivity contribution < 1.29 is 4.42 Å². The Morgan fingerprint density at radius 1 is 1.54 bits per heavy atom. The third-order valence-corrected chi connectivity index (χ3v) is 1.78. The van der Waals surface area contributed by atoms with Crippen LogP contribution in [0.4, 0.5) is 6.01 Å². The summed E-state index contributed by atoms with van der Waals surface area (Å²) in [5, 5.41) is 2.99. The smallest absolute Gasteiger partial charge is 0.297 e. The van der Waals surface area contributed by atoms with Crippen LogP contribution in [0.25, 0.3) is 11.2 Å². The highest BCUT2D eigenvalue weighted by Gasteiger charge is 2.03. The molecule has 0 aliphatic carbocycles. The van der Waals surface area contributed by atoms with Crippen molar-refractivity contribution in [2.24, 2.45) is 0 Å². The fourth-order valence-electron chi connectivity index (χ4n) is 1.01. The summed E-state index contributed by atoms with van der Waals surface area (Å²) in [5.41, 5.74) is 1.33. The van der Waals surface area contributed by atoms with Crippen LogP contribution in [-0.4, -0.2) is 22.3 Å². The third kappa shape index (κ3) is 1.75. The summed E-state index contributed by atoms with van der Waals surface area (Å²) in [4.78, 5) is 8.17. The van der Waals surface area contributed by atoms with Gasteiger partial charge in [-0.05, 0) is 12.1 Å². The number of anilines is 1. The van der Waals surface area contributed by atoms with Crippen molar-refractivity contribution in [3.63, 3.8) is 0 Å². The second kappa shape index (κ2) is 3.66. The number of aromatic nitrogens is 2. The fraction of sp³-hybridized carbons (Fsp3) is 0.250. The maximum atomic E-state index is 5.35. The van der Waals surface area contributed by atoms with Gasteiger partial charge in [-0.15, -0.1) is 0 Å². The number of hydrogen-bond donors (Lipinski definition) is 2. The highest BCUT2D eigenvalue weighted by atomic mass is 32.1. The Hall–Kier alpha value is -1.23. The molecule has 0 unspecified atom stereocenters. The van der Waals surface area contributed by atoms with Gasteiger partial charge in [0, 0.05) is 18.5 Å². The van der Waals surface area contributed by atoms with E-state index in [9.17, 15) is 0 Å². The highest BCUT2D eigenvalue weighted by Crippen LogP contribution is 2.15. The van der Waals surface area contributed by atoms with E-state index >= 15 is 0 Å². The first-order valence-corrected chi connectivity index (χ1v) is 4.59. The summed E-state index contributed by atoms with van der Waals surface area (Å²) >= 11 is 4.07. The largest absolute Gasteiger partial charge is 0.422 e. The van der Waals surface area contributed by atoms with Gasteiger partial charge in [0.1, 0.15) is 0 Å². The molecule has 4 nitrogen and oxygen atoms in total. The molecule has 2 aromatic heterocycles. The first kappa shape index (κ1) is 8.37. The average molecular weight is 195 g/mol. The summed E-state index contributed by atoms with van der Waals surface area (Å²) in [6.45, 7) is 0.732. The van der Waals surface area contributed by atoms with Gasteiger partial charge in [0.2, 0.25) is 5.65 Å². The lowest BCUT2D eigenvalue weighted by molar-refractivity contribution is 0.616. The maximum absolute atomic E-state index is 5.35. The zero-order chi connectivity index (χ0) is 9.10. The van der Waals surface area contributed by atoms with Gasteiger partial charge in [-0.1, -0.05) is 0 Å².